The van der Waals surface area contributed by atoms with Crippen LogP contribution in [0, 0.1) is 0 Å². The SMILES string of the molecule is COc1cc(Cl)ccc1C(=O)N1CCN(c2nc3ccncc3n(C)c2=O)CC1. The number of aryl methyl sites for hydroxylation is 1. The molecule has 3 heterocycles. The number of anilines is 1. The summed E-state index contributed by atoms with van der Waals surface area (Å²) in [4.78, 5) is 37.9. The first-order chi connectivity index (χ1) is 14.0. The fourth-order valence-electron chi connectivity index (χ4n) is 3.49. The number of fused-ring (bicyclic) bond motifs is 1. The lowest BCUT2D eigenvalue weighted by atomic mass is 10.1. The highest BCUT2D eigenvalue weighted by molar-refractivity contribution is 6.30. The maximum atomic E-state index is 12.9. The molecule has 1 fully saturated rings. The van der Waals surface area contributed by atoms with Gasteiger partial charge in [0.2, 0.25) is 0 Å². The summed E-state index contributed by atoms with van der Waals surface area (Å²) >= 11 is 5.99. The van der Waals surface area contributed by atoms with Crippen molar-refractivity contribution in [3.63, 3.8) is 0 Å². The number of rotatable bonds is 3. The number of nitrogens with zero attached hydrogens (tertiary/aromatic N) is 5. The molecule has 0 spiro atoms. The Bertz CT molecular complexity index is 1140. The van der Waals surface area contributed by atoms with Gasteiger partial charge < -0.3 is 19.1 Å². The molecule has 3 aromatic rings. The van der Waals surface area contributed by atoms with Crippen LogP contribution in [0.2, 0.25) is 5.02 Å². The van der Waals surface area contributed by atoms with E-state index >= 15 is 0 Å². The molecule has 4 rings (SSSR count). The second-order valence-electron chi connectivity index (χ2n) is 6.79. The minimum absolute atomic E-state index is 0.122. The van der Waals surface area contributed by atoms with E-state index in [1.54, 1.807) is 53.2 Å². The molecular formula is C20H20ClN5O3. The fourth-order valence-corrected chi connectivity index (χ4v) is 3.65. The second-order valence-corrected chi connectivity index (χ2v) is 7.22. The zero-order valence-corrected chi connectivity index (χ0v) is 16.9. The van der Waals surface area contributed by atoms with Gasteiger partial charge in [-0.05, 0) is 24.3 Å². The largest absolute Gasteiger partial charge is 0.496 e. The van der Waals surface area contributed by atoms with Crippen molar-refractivity contribution in [2.75, 3.05) is 38.2 Å². The summed E-state index contributed by atoms with van der Waals surface area (Å²) in [5, 5.41) is 0.511. The van der Waals surface area contributed by atoms with Gasteiger partial charge in [0, 0.05) is 44.4 Å². The maximum Gasteiger partial charge on any atom is 0.293 e. The van der Waals surface area contributed by atoms with Gasteiger partial charge >= 0.3 is 0 Å². The van der Waals surface area contributed by atoms with E-state index in [0.717, 1.165) is 0 Å². The number of aromatic nitrogens is 3. The number of carbonyl (C=O) groups excluding carboxylic acids is 1. The molecule has 0 radical (unpaired) electrons. The third kappa shape index (κ3) is 3.51. The zero-order valence-electron chi connectivity index (χ0n) is 16.1. The van der Waals surface area contributed by atoms with Gasteiger partial charge in [-0.2, -0.15) is 0 Å². The molecule has 1 aliphatic rings. The first-order valence-electron chi connectivity index (χ1n) is 9.18. The van der Waals surface area contributed by atoms with Crippen molar-refractivity contribution in [1.29, 1.82) is 0 Å². The van der Waals surface area contributed by atoms with Crippen LogP contribution in [0.15, 0.2) is 41.5 Å². The number of hydrogen-bond acceptors (Lipinski definition) is 6. The molecule has 1 aromatic carbocycles. The molecule has 0 saturated carbocycles. The Morgan fingerprint density at radius 2 is 1.93 bits per heavy atom. The smallest absolute Gasteiger partial charge is 0.293 e. The molecule has 8 nitrogen and oxygen atoms in total. The van der Waals surface area contributed by atoms with E-state index < -0.39 is 0 Å². The van der Waals surface area contributed by atoms with Gasteiger partial charge in [-0.1, -0.05) is 11.6 Å². The number of piperazine rings is 1. The number of ether oxygens (including phenoxy) is 1. The van der Waals surface area contributed by atoms with Crippen molar-refractivity contribution < 1.29 is 9.53 Å². The van der Waals surface area contributed by atoms with Gasteiger partial charge in [-0.25, -0.2) is 4.98 Å². The van der Waals surface area contributed by atoms with Crippen LogP contribution in [0.4, 0.5) is 5.82 Å². The Morgan fingerprint density at radius 1 is 1.17 bits per heavy atom. The lowest BCUT2D eigenvalue weighted by molar-refractivity contribution is 0.0743. The first-order valence-corrected chi connectivity index (χ1v) is 9.56. The maximum absolute atomic E-state index is 12.9. The lowest BCUT2D eigenvalue weighted by Crippen LogP contribution is -2.50. The number of methoxy groups -OCH3 is 1. The van der Waals surface area contributed by atoms with Crippen LogP contribution in [0.25, 0.3) is 11.0 Å². The Morgan fingerprint density at radius 3 is 2.66 bits per heavy atom. The van der Waals surface area contributed by atoms with E-state index in [9.17, 15) is 9.59 Å². The van der Waals surface area contributed by atoms with Crippen LogP contribution in [-0.2, 0) is 7.05 Å². The highest BCUT2D eigenvalue weighted by Crippen LogP contribution is 2.25. The van der Waals surface area contributed by atoms with Gasteiger partial charge in [0.1, 0.15) is 5.75 Å². The molecule has 0 bridgehead atoms. The molecule has 0 N–H and O–H groups in total. The molecule has 1 aliphatic heterocycles. The summed E-state index contributed by atoms with van der Waals surface area (Å²) in [6.07, 6.45) is 3.28. The van der Waals surface area contributed by atoms with Crippen LogP contribution < -0.4 is 15.2 Å². The predicted molar refractivity (Wildman–Crippen MR) is 111 cm³/mol. The van der Waals surface area contributed by atoms with Crippen LogP contribution >= 0.6 is 11.6 Å². The minimum atomic E-state index is -0.176. The topological polar surface area (TPSA) is 80.6 Å². The van der Waals surface area contributed by atoms with Crippen LogP contribution in [0.3, 0.4) is 0 Å². The van der Waals surface area contributed by atoms with Crippen LogP contribution in [0.1, 0.15) is 10.4 Å². The van der Waals surface area contributed by atoms with E-state index in [0.29, 0.717) is 59.4 Å². The number of carbonyl (C=O) groups is 1. The van der Waals surface area contributed by atoms with Gasteiger partial charge in [-0.3, -0.25) is 14.6 Å². The third-order valence-corrected chi connectivity index (χ3v) is 5.36. The number of hydrogen-bond donors (Lipinski definition) is 0. The van der Waals surface area contributed by atoms with E-state index in [1.807, 2.05) is 4.90 Å². The normalized spacial score (nSPS) is 14.3. The average Bonchev–Trinajstić information content (AvgIpc) is 2.76. The standard InChI is InChI=1S/C20H20ClN5O3/c1-24-16-12-22-6-5-15(16)23-18(20(24)28)25-7-9-26(10-8-25)19(27)14-4-3-13(21)11-17(14)29-2/h3-6,11-12H,7-10H2,1-2H3. The quantitative estimate of drug-likeness (QED) is 0.653. The van der Waals surface area contributed by atoms with Crippen molar-refractivity contribution >= 4 is 34.4 Å². The van der Waals surface area contributed by atoms with Gasteiger partial charge in [0.25, 0.3) is 11.5 Å². The van der Waals surface area contributed by atoms with E-state index in [4.69, 9.17) is 16.3 Å². The second kappa shape index (κ2) is 7.71. The molecule has 150 valence electrons. The van der Waals surface area contributed by atoms with Gasteiger partial charge in [0.15, 0.2) is 5.82 Å². The molecule has 1 amide bonds. The van der Waals surface area contributed by atoms with Crippen molar-refractivity contribution in [2.45, 2.75) is 0 Å². The van der Waals surface area contributed by atoms with Crippen molar-refractivity contribution in [1.82, 2.24) is 19.4 Å². The highest BCUT2D eigenvalue weighted by atomic mass is 35.5. The van der Waals surface area contributed by atoms with E-state index in [2.05, 4.69) is 9.97 Å². The third-order valence-electron chi connectivity index (χ3n) is 5.12. The molecule has 0 atom stereocenters. The Hall–Kier alpha value is -3.13. The lowest BCUT2D eigenvalue weighted by Gasteiger charge is -2.35. The number of benzene rings is 1. The van der Waals surface area contributed by atoms with Crippen LogP contribution in [-0.4, -0.2) is 58.6 Å². The van der Waals surface area contributed by atoms with Gasteiger partial charge in [0.05, 0.1) is 29.9 Å². The summed E-state index contributed by atoms with van der Waals surface area (Å²) in [6.45, 7) is 1.98. The minimum Gasteiger partial charge on any atom is -0.496 e. The molecule has 9 heteroatoms. The fraction of sp³-hybridized carbons (Fsp3) is 0.300. The summed E-state index contributed by atoms with van der Waals surface area (Å²) < 4.78 is 6.85. The Labute approximate surface area is 172 Å². The Kier molecular flexibility index (Phi) is 5.10. The zero-order chi connectivity index (χ0) is 20.5. The summed E-state index contributed by atoms with van der Waals surface area (Å²) in [6, 6.07) is 6.75. The molecule has 0 aliphatic carbocycles. The summed E-state index contributed by atoms with van der Waals surface area (Å²) in [7, 11) is 3.22. The monoisotopic (exact) mass is 413 g/mol. The van der Waals surface area contributed by atoms with E-state index in [-0.39, 0.29) is 11.5 Å². The molecular weight excluding hydrogens is 394 g/mol. The number of halogens is 1. The number of amides is 1. The van der Waals surface area contributed by atoms with Crippen molar-refractivity contribution in [2.24, 2.45) is 7.05 Å². The van der Waals surface area contributed by atoms with Gasteiger partial charge in [-0.15, -0.1) is 0 Å². The summed E-state index contributed by atoms with van der Waals surface area (Å²) in [5.74, 6) is 0.717. The summed E-state index contributed by atoms with van der Waals surface area (Å²) in [5.41, 5.74) is 1.69. The Balaban J connectivity index is 1.55. The predicted octanol–water partition coefficient (Wildman–Crippen LogP) is 1.95. The highest BCUT2D eigenvalue weighted by Gasteiger charge is 2.26. The van der Waals surface area contributed by atoms with Crippen molar-refractivity contribution in [3.05, 3.63) is 57.6 Å². The molecule has 29 heavy (non-hydrogen) atoms. The molecule has 1 saturated heterocycles. The molecule has 2 aromatic heterocycles. The van der Waals surface area contributed by atoms with Crippen LogP contribution in [0.5, 0.6) is 5.75 Å². The van der Waals surface area contributed by atoms with E-state index in [1.165, 1.54) is 7.11 Å². The molecule has 0 unspecified atom stereocenters. The van der Waals surface area contributed by atoms with Crippen molar-refractivity contribution in [3.8, 4) is 5.75 Å². The number of pyridine rings is 1. The average molecular weight is 414 g/mol. The first kappa shape index (κ1) is 19.2.